The first-order valence-corrected chi connectivity index (χ1v) is 11.2. The highest BCUT2D eigenvalue weighted by molar-refractivity contribution is 5.92. The summed E-state index contributed by atoms with van der Waals surface area (Å²) in [6, 6.07) is 0. The van der Waals surface area contributed by atoms with E-state index in [9.17, 15) is 19.2 Å². The number of esters is 4. The van der Waals surface area contributed by atoms with Crippen LogP contribution in [-0.2, 0) is 42.9 Å². The van der Waals surface area contributed by atoms with Crippen LogP contribution in [0.5, 0.6) is 0 Å². The van der Waals surface area contributed by atoms with E-state index in [1.54, 1.807) is 41.5 Å². The Morgan fingerprint density at radius 3 is 1.50 bits per heavy atom. The van der Waals surface area contributed by atoms with Crippen molar-refractivity contribution in [2.24, 2.45) is 5.92 Å². The minimum absolute atomic E-state index is 0.0299. The van der Waals surface area contributed by atoms with Gasteiger partial charge in [0.25, 0.3) is 0 Å². The molecule has 0 saturated carbocycles. The molecule has 0 aromatic carbocycles. The van der Waals surface area contributed by atoms with Crippen molar-refractivity contribution < 1.29 is 42.9 Å². The quantitative estimate of drug-likeness (QED) is 0.259. The molecule has 0 atom stereocenters. The van der Waals surface area contributed by atoms with E-state index in [1.165, 1.54) is 0 Å². The minimum Gasteiger partial charge on any atom is -0.462 e. The molecule has 0 radical (unpaired) electrons. The first-order valence-electron chi connectivity index (χ1n) is 11.2. The van der Waals surface area contributed by atoms with Crippen LogP contribution in [0.25, 0.3) is 0 Å². The highest BCUT2D eigenvalue weighted by atomic mass is 16.6. The lowest BCUT2D eigenvalue weighted by molar-refractivity contribution is -0.149. The van der Waals surface area contributed by atoms with E-state index >= 15 is 0 Å². The highest BCUT2D eigenvalue weighted by Gasteiger charge is 2.20. The molecule has 0 amide bonds. The number of ether oxygens (including phenoxy) is 5. The topological polar surface area (TPSA) is 118 Å². The minimum atomic E-state index is -0.714. The van der Waals surface area contributed by atoms with E-state index in [0.29, 0.717) is 32.8 Å². The summed E-state index contributed by atoms with van der Waals surface area (Å²) in [6.45, 7) is 13.3. The molecule has 0 unspecified atom stereocenters. The summed E-state index contributed by atoms with van der Waals surface area (Å²) in [5, 5.41) is 0. The van der Waals surface area contributed by atoms with Crippen LogP contribution in [-0.4, -0.2) is 86.0 Å². The van der Waals surface area contributed by atoms with Crippen molar-refractivity contribution in [3.63, 3.8) is 0 Å². The summed E-state index contributed by atoms with van der Waals surface area (Å²) >= 11 is 0. The standard InChI is InChI=1S/C24H37NO9/c1-23(2,3)33-21(28)9-7-19(26)31-16-18(15-25-11-13-30-14-12-25)17-32-20(27)8-10-22(29)34-24(4,5)6/h7-10,18H,11-17H2,1-6H3/b9-7+,10-8+. The van der Waals surface area contributed by atoms with Crippen LogP contribution >= 0.6 is 0 Å². The zero-order valence-corrected chi connectivity index (χ0v) is 21.0. The smallest absolute Gasteiger partial charge is 0.331 e. The molecule has 0 spiro atoms. The molecule has 1 rings (SSSR count). The van der Waals surface area contributed by atoms with Gasteiger partial charge in [-0.3, -0.25) is 4.90 Å². The van der Waals surface area contributed by atoms with Crippen LogP contribution in [0.4, 0.5) is 0 Å². The van der Waals surface area contributed by atoms with Crippen molar-refractivity contribution >= 4 is 23.9 Å². The highest BCUT2D eigenvalue weighted by Crippen LogP contribution is 2.09. The lowest BCUT2D eigenvalue weighted by Gasteiger charge is -2.30. The molecule has 1 aliphatic rings. The lowest BCUT2D eigenvalue weighted by Crippen LogP contribution is -2.41. The van der Waals surface area contributed by atoms with Gasteiger partial charge in [-0.05, 0) is 41.5 Å². The van der Waals surface area contributed by atoms with Crippen molar-refractivity contribution in [3.8, 4) is 0 Å². The van der Waals surface area contributed by atoms with E-state index in [2.05, 4.69) is 4.90 Å². The first-order chi connectivity index (χ1) is 15.7. The Bertz CT molecular complexity index is 699. The molecule has 192 valence electrons. The fourth-order valence-electron chi connectivity index (χ4n) is 2.74. The molecule has 1 saturated heterocycles. The molecule has 0 bridgehead atoms. The maximum Gasteiger partial charge on any atom is 0.331 e. The second-order valence-electron chi connectivity index (χ2n) is 9.77. The van der Waals surface area contributed by atoms with E-state index in [4.69, 9.17) is 23.7 Å². The predicted octanol–water partition coefficient (Wildman–Crippen LogP) is 1.82. The van der Waals surface area contributed by atoms with Gasteiger partial charge < -0.3 is 23.7 Å². The molecule has 10 heteroatoms. The van der Waals surface area contributed by atoms with Gasteiger partial charge in [-0.15, -0.1) is 0 Å². The van der Waals surface area contributed by atoms with Crippen molar-refractivity contribution in [3.05, 3.63) is 24.3 Å². The van der Waals surface area contributed by atoms with E-state index < -0.39 is 35.1 Å². The normalized spacial score (nSPS) is 15.5. The van der Waals surface area contributed by atoms with Crippen LogP contribution in [0, 0.1) is 5.92 Å². The third kappa shape index (κ3) is 15.2. The maximum atomic E-state index is 12.0. The largest absolute Gasteiger partial charge is 0.462 e. The molecule has 0 N–H and O–H groups in total. The molecule has 0 aromatic heterocycles. The monoisotopic (exact) mass is 483 g/mol. The van der Waals surface area contributed by atoms with E-state index in [0.717, 1.165) is 24.3 Å². The van der Waals surface area contributed by atoms with Gasteiger partial charge in [0.2, 0.25) is 0 Å². The zero-order chi connectivity index (χ0) is 25.8. The summed E-state index contributed by atoms with van der Waals surface area (Å²) in [5.41, 5.74) is -1.34. The van der Waals surface area contributed by atoms with Crippen LogP contribution in [0.3, 0.4) is 0 Å². The number of hydrogen-bond donors (Lipinski definition) is 0. The molecule has 1 fully saturated rings. The number of nitrogens with zero attached hydrogens (tertiary/aromatic N) is 1. The number of rotatable bonds is 10. The fraction of sp³-hybridized carbons (Fsp3) is 0.667. The number of hydrogen-bond acceptors (Lipinski definition) is 10. The van der Waals surface area contributed by atoms with Gasteiger partial charge in [-0.1, -0.05) is 0 Å². The lowest BCUT2D eigenvalue weighted by atomic mass is 10.1. The van der Waals surface area contributed by atoms with Gasteiger partial charge in [0.05, 0.1) is 26.4 Å². The molecule has 1 aliphatic heterocycles. The second kappa shape index (κ2) is 13.9. The Kier molecular flexibility index (Phi) is 11.9. The summed E-state index contributed by atoms with van der Waals surface area (Å²) in [4.78, 5) is 49.5. The van der Waals surface area contributed by atoms with E-state index in [-0.39, 0.29) is 19.1 Å². The van der Waals surface area contributed by atoms with Crippen molar-refractivity contribution in [2.75, 3.05) is 46.1 Å². The van der Waals surface area contributed by atoms with Gasteiger partial charge in [0, 0.05) is 49.9 Å². The molecular formula is C24H37NO9. The van der Waals surface area contributed by atoms with Gasteiger partial charge in [-0.25, -0.2) is 19.2 Å². The third-order valence-corrected chi connectivity index (χ3v) is 4.07. The molecule has 10 nitrogen and oxygen atoms in total. The first kappa shape index (κ1) is 29.3. The summed E-state index contributed by atoms with van der Waals surface area (Å²) in [5.74, 6) is -3.06. The Hall–Kier alpha value is -2.72. The van der Waals surface area contributed by atoms with Crippen molar-refractivity contribution in [1.29, 1.82) is 0 Å². The van der Waals surface area contributed by atoms with Crippen molar-refractivity contribution in [1.82, 2.24) is 4.90 Å². The molecular weight excluding hydrogens is 446 g/mol. The Labute approximate surface area is 201 Å². The predicted molar refractivity (Wildman–Crippen MR) is 123 cm³/mol. The Balaban J connectivity index is 2.60. The number of morpholine rings is 1. The van der Waals surface area contributed by atoms with Crippen LogP contribution < -0.4 is 0 Å². The van der Waals surface area contributed by atoms with Crippen LogP contribution in [0.2, 0.25) is 0 Å². The summed E-state index contributed by atoms with van der Waals surface area (Å²) in [6.07, 6.45) is 4.00. The second-order valence-corrected chi connectivity index (χ2v) is 9.77. The number of carbonyl (C=O) groups is 4. The van der Waals surface area contributed by atoms with Gasteiger partial charge in [0.1, 0.15) is 11.2 Å². The Morgan fingerprint density at radius 2 is 1.12 bits per heavy atom. The molecule has 0 aromatic rings. The average molecular weight is 484 g/mol. The maximum absolute atomic E-state index is 12.0. The zero-order valence-electron chi connectivity index (χ0n) is 21.0. The molecule has 34 heavy (non-hydrogen) atoms. The van der Waals surface area contributed by atoms with Gasteiger partial charge in [-0.2, -0.15) is 0 Å². The SMILES string of the molecule is CC(C)(C)OC(=O)/C=C/C(=O)OCC(COC(=O)/C=C/C(=O)OC(C)(C)C)CN1CCOCC1. The summed E-state index contributed by atoms with van der Waals surface area (Å²) < 4.78 is 26.0. The summed E-state index contributed by atoms with van der Waals surface area (Å²) in [7, 11) is 0. The average Bonchev–Trinajstić information content (AvgIpc) is 2.71. The fourth-order valence-corrected chi connectivity index (χ4v) is 2.74. The van der Waals surface area contributed by atoms with Gasteiger partial charge in [0.15, 0.2) is 0 Å². The molecule has 0 aliphatic carbocycles. The van der Waals surface area contributed by atoms with Crippen molar-refractivity contribution in [2.45, 2.75) is 52.7 Å². The van der Waals surface area contributed by atoms with Crippen LogP contribution in [0.15, 0.2) is 24.3 Å². The Morgan fingerprint density at radius 1 is 0.735 bits per heavy atom. The van der Waals surface area contributed by atoms with Gasteiger partial charge >= 0.3 is 23.9 Å². The number of carbonyl (C=O) groups excluding carboxylic acids is 4. The molecule has 1 heterocycles. The van der Waals surface area contributed by atoms with Crippen LogP contribution in [0.1, 0.15) is 41.5 Å². The third-order valence-electron chi connectivity index (χ3n) is 4.07. The van der Waals surface area contributed by atoms with E-state index in [1.807, 2.05) is 0 Å².